The van der Waals surface area contributed by atoms with E-state index in [1.807, 2.05) is 43.0 Å². The van der Waals surface area contributed by atoms with Crippen molar-refractivity contribution >= 4 is 11.8 Å². The van der Waals surface area contributed by atoms with E-state index in [2.05, 4.69) is 0 Å². The smallest absolute Gasteiger partial charge is 0.239 e. The molecule has 1 aliphatic rings. The summed E-state index contributed by atoms with van der Waals surface area (Å²) < 4.78 is 5.13. The highest BCUT2D eigenvalue weighted by atomic mass is 16.5. The molecule has 6 heteroatoms. The van der Waals surface area contributed by atoms with Crippen LogP contribution < -0.4 is 10.5 Å². The molecule has 1 saturated heterocycles. The Kier molecular flexibility index (Phi) is 6.82. The van der Waals surface area contributed by atoms with Gasteiger partial charge in [-0.2, -0.15) is 0 Å². The van der Waals surface area contributed by atoms with Crippen LogP contribution in [-0.2, 0) is 16.0 Å². The highest BCUT2D eigenvalue weighted by molar-refractivity contribution is 5.82. The molecule has 1 atom stereocenters. The fourth-order valence-corrected chi connectivity index (χ4v) is 2.87. The van der Waals surface area contributed by atoms with Gasteiger partial charge in [-0.3, -0.25) is 9.59 Å². The molecule has 2 amide bonds. The van der Waals surface area contributed by atoms with Gasteiger partial charge in [-0.15, -0.1) is 0 Å². The van der Waals surface area contributed by atoms with Crippen molar-refractivity contribution in [1.82, 2.24) is 9.80 Å². The van der Waals surface area contributed by atoms with Gasteiger partial charge in [0.1, 0.15) is 5.75 Å². The van der Waals surface area contributed by atoms with Crippen LogP contribution >= 0.6 is 0 Å². The van der Waals surface area contributed by atoms with Gasteiger partial charge in [0.25, 0.3) is 0 Å². The molecule has 2 rings (SSSR count). The van der Waals surface area contributed by atoms with Crippen LogP contribution in [0.1, 0.15) is 25.8 Å². The molecule has 1 heterocycles. The summed E-state index contributed by atoms with van der Waals surface area (Å²) in [5.41, 5.74) is 7.05. The molecule has 1 aliphatic heterocycles. The van der Waals surface area contributed by atoms with Gasteiger partial charge < -0.3 is 20.3 Å². The van der Waals surface area contributed by atoms with E-state index in [0.717, 1.165) is 11.3 Å². The first-order chi connectivity index (χ1) is 11.9. The fraction of sp³-hybridized carbons (Fsp3) is 0.579. The Balaban J connectivity index is 1.77. The van der Waals surface area contributed by atoms with E-state index in [1.165, 1.54) is 0 Å². The van der Waals surface area contributed by atoms with Gasteiger partial charge in [0.15, 0.2) is 0 Å². The van der Waals surface area contributed by atoms with Crippen molar-refractivity contribution in [2.75, 3.05) is 33.3 Å². The summed E-state index contributed by atoms with van der Waals surface area (Å²) in [6.45, 7) is 6.18. The van der Waals surface area contributed by atoms with Gasteiger partial charge >= 0.3 is 0 Å². The minimum atomic E-state index is -0.461. The van der Waals surface area contributed by atoms with Gasteiger partial charge in [0.05, 0.1) is 13.2 Å². The van der Waals surface area contributed by atoms with Crippen LogP contribution in [0, 0.1) is 5.92 Å². The molecule has 0 aromatic heterocycles. The Morgan fingerprint density at radius 3 is 2.16 bits per heavy atom. The Labute approximate surface area is 149 Å². The zero-order chi connectivity index (χ0) is 18.4. The maximum atomic E-state index is 12.4. The molecule has 138 valence electrons. The molecule has 1 aromatic rings. The number of benzene rings is 1. The average Bonchev–Trinajstić information content (AvgIpc) is 2.65. The number of carbonyl (C=O) groups excluding carboxylic acids is 2. The molecular weight excluding hydrogens is 318 g/mol. The molecule has 0 unspecified atom stereocenters. The number of amides is 2. The molecule has 25 heavy (non-hydrogen) atoms. The SMILES string of the molecule is COc1ccc(CCC(=O)N2CCN(C(=O)[C@@H](N)C(C)C)CC2)cc1. The van der Waals surface area contributed by atoms with Crippen LogP contribution in [0.3, 0.4) is 0 Å². The van der Waals surface area contributed by atoms with Gasteiger partial charge in [-0.1, -0.05) is 26.0 Å². The topological polar surface area (TPSA) is 75.9 Å². The number of methoxy groups -OCH3 is 1. The van der Waals surface area contributed by atoms with Crippen molar-refractivity contribution in [2.45, 2.75) is 32.7 Å². The van der Waals surface area contributed by atoms with Gasteiger partial charge in [0, 0.05) is 32.6 Å². The molecule has 2 N–H and O–H groups in total. The summed E-state index contributed by atoms with van der Waals surface area (Å²) in [4.78, 5) is 28.3. The summed E-state index contributed by atoms with van der Waals surface area (Å²) in [5.74, 6) is 1.06. The van der Waals surface area contributed by atoms with Gasteiger partial charge in [-0.25, -0.2) is 0 Å². The van der Waals surface area contributed by atoms with Crippen molar-refractivity contribution in [3.63, 3.8) is 0 Å². The van der Waals surface area contributed by atoms with Crippen molar-refractivity contribution in [3.8, 4) is 5.75 Å². The third kappa shape index (κ3) is 5.19. The highest BCUT2D eigenvalue weighted by Gasteiger charge is 2.28. The number of rotatable bonds is 6. The Hall–Kier alpha value is -2.08. The summed E-state index contributed by atoms with van der Waals surface area (Å²) in [5, 5.41) is 0. The van der Waals surface area contributed by atoms with Crippen molar-refractivity contribution in [1.29, 1.82) is 0 Å². The lowest BCUT2D eigenvalue weighted by molar-refractivity contribution is -0.140. The highest BCUT2D eigenvalue weighted by Crippen LogP contribution is 2.14. The van der Waals surface area contributed by atoms with Crippen LogP contribution in [-0.4, -0.2) is 60.9 Å². The van der Waals surface area contributed by atoms with Crippen LogP contribution in [0.25, 0.3) is 0 Å². The lowest BCUT2D eigenvalue weighted by Gasteiger charge is -2.36. The first kappa shape index (κ1) is 19.2. The zero-order valence-corrected chi connectivity index (χ0v) is 15.4. The number of nitrogens with zero attached hydrogens (tertiary/aromatic N) is 2. The first-order valence-electron chi connectivity index (χ1n) is 8.87. The van der Waals surface area contributed by atoms with Crippen LogP contribution in [0.5, 0.6) is 5.75 Å². The van der Waals surface area contributed by atoms with E-state index < -0.39 is 6.04 Å². The molecule has 0 bridgehead atoms. The fourth-order valence-electron chi connectivity index (χ4n) is 2.87. The lowest BCUT2D eigenvalue weighted by Crippen LogP contribution is -2.55. The van der Waals surface area contributed by atoms with Gasteiger partial charge in [-0.05, 0) is 30.0 Å². The summed E-state index contributed by atoms with van der Waals surface area (Å²) in [6, 6.07) is 7.31. The van der Waals surface area contributed by atoms with E-state index in [4.69, 9.17) is 10.5 Å². The molecule has 0 radical (unpaired) electrons. The predicted octanol–water partition coefficient (Wildman–Crippen LogP) is 1.28. The van der Waals surface area contributed by atoms with Crippen LogP contribution in [0.15, 0.2) is 24.3 Å². The number of hydrogen-bond acceptors (Lipinski definition) is 4. The second kappa shape index (κ2) is 8.85. The normalized spacial score (nSPS) is 16.0. The standard InChI is InChI=1S/C19H29N3O3/c1-14(2)18(20)19(24)22-12-10-21(11-13-22)17(23)9-6-15-4-7-16(25-3)8-5-15/h4-5,7-8,14,18H,6,9-13,20H2,1-3H3/t18-/m0/s1. The Morgan fingerprint density at radius 1 is 1.08 bits per heavy atom. The third-order valence-electron chi connectivity index (χ3n) is 4.73. The second-order valence-electron chi connectivity index (χ2n) is 6.82. The molecule has 0 spiro atoms. The van der Waals surface area contributed by atoms with E-state index >= 15 is 0 Å². The lowest BCUT2D eigenvalue weighted by atomic mass is 10.0. The van der Waals surface area contributed by atoms with E-state index in [0.29, 0.717) is 39.0 Å². The monoisotopic (exact) mass is 347 g/mol. The molecule has 0 aliphatic carbocycles. The van der Waals surface area contributed by atoms with Crippen LogP contribution in [0.4, 0.5) is 0 Å². The number of hydrogen-bond donors (Lipinski definition) is 1. The van der Waals surface area contributed by atoms with E-state index in [9.17, 15) is 9.59 Å². The van der Waals surface area contributed by atoms with Gasteiger partial charge in [0.2, 0.25) is 11.8 Å². The van der Waals surface area contributed by atoms with Crippen LogP contribution in [0.2, 0.25) is 0 Å². The molecular formula is C19H29N3O3. The number of piperazine rings is 1. The van der Waals surface area contributed by atoms with Crippen molar-refractivity contribution in [3.05, 3.63) is 29.8 Å². The minimum Gasteiger partial charge on any atom is -0.497 e. The quantitative estimate of drug-likeness (QED) is 0.841. The Bertz CT molecular complexity index is 578. The second-order valence-corrected chi connectivity index (χ2v) is 6.82. The molecule has 6 nitrogen and oxygen atoms in total. The first-order valence-corrected chi connectivity index (χ1v) is 8.87. The summed E-state index contributed by atoms with van der Waals surface area (Å²) in [6.07, 6.45) is 1.19. The Morgan fingerprint density at radius 2 is 1.64 bits per heavy atom. The predicted molar refractivity (Wildman–Crippen MR) is 97.3 cm³/mol. The van der Waals surface area contributed by atoms with E-state index in [-0.39, 0.29) is 17.7 Å². The zero-order valence-electron chi connectivity index (χ0n) is 15.4. The molecule has 1 aromatic carbocycles. The van der Waals surface area contributed by atoms with Crippen molar-refractivity contribution in [2.24, 2.45) is 11.7 Å². The third-order valence-corrected chi connectivity index (χ3v) is 4.73. The number of carbonyl (C=O) groups is 2. The summed E-state index contributed by atoms with van der Waals surface area (Å²) in [7, 11) is 1.64. The van der Waals surface area contributed by atoms with E-state index in [1.54, 1.807) is 12.0 Å². The van der Waals surface area contributed by atoms with Crippen molar-refractivity contribution < 1.29 is 14.3 Å². The number of ether oxygens (including phenoxy) is 1. The molecule has 1 fully saturated rings. The maximum Gasteiger partial charge on any atom is 0.239 e. The minimum absolute atomic E-state index is 0.0136. The maximum absolute atomic E-state index is 12.4. The average molecular weight is 347 g/mol. The summed E-state index contributed by atoms with van der Waals surface area (Å²) >= 11 is 0. The number of nitrogens with two attached hydrogens (primary N) is 1. The molecule has 0 saturated carbocycles. The number of aryl methyl sites for hydroxylation is 1. The largest absolute Gasteiger partial charge is 0.497 e.